The molecule has 6 nitrogen and oxygen atoms in total. The first-order valence-corrected chi connectivity index (χ1v) is 11.4. The van der Waals surface area contributed by atoms with Gasteiger partial charge in [0.1, 0.15) is 11.6 Å². The minimum atomic E-state index is -0.536. The molecule has 0 aliphatic rings. The van der Waals surface area contributed by atoms with Gasteiger partial charge in [0, 0.05) is 39.9 Å². The summed E-state index contributed by atoms with van der Waals surface area (Å²) < 4.78 is 7.04. The third kappa shape index (κ3) is 5.60. The normalized spacial score (nSPS) is 11.2. The molecule has 0 atom stereocenters. The third-order valence-electron chi connectivity index (χ3n) is 5.40. The van der Waals surface area contributed by atoms with Gasteiger partial charge < -0.3 is 14.6 Å². The number of esters is 1. The molecule has 7 heteroatoms. The molecule has 0 radical (unpaired) electrons. The summed E-state index contributed by atoms with van der Waals surface area (Å²) in [5.41, 5.74) is 3.65. The number of rotatable bonds is 7. The second kappa shape index (κ2) is 10.7. The molecule has 4 rings (SSSR count). The Morgan fingerprint density at radius 2 is 1.77 bits per heavy atom. The van der Waals surface area contributed by atoms with Gasteiger partial charge in [0.15, 0.2) is 0 Å². The van der Waals surface area contributed by atoms with E-state index in [9.17, 15) is 14.9 Å². The zero-order valence-electron chi connectivity index (χ0n) is 19.0. The van der Waals surface area contributed by atoms with Gasteiger partial charge in [-0.15, -0.1) is 0 Å². The van der Waals surface area contributed by atoms with Crippen LogP contribution in [0.5, 0.6) is 0 Å². The minimum absolute atomic E-state index is 0.0335. The molecule has 174 valence electrons. The van der Waals surface area contributed by atoms with Crippen LogP contribution in [0.3, 0.4) is 0 Å². The Bertz CT molecular complexity index is 1450. The van der Waals surface area contributed by atoms with Crippen LogP contribution in [0.4, 0.5) is 5.69 Å². The molecule has 0 unspecified atom stereocenters. The van der Waals surface area contributed by atoms with E-state index in [-0.39, 0.29) is 12.2 Å². The fourth-order valence-corrected chi connectivity index (χ4v) is 3.84. The van der Waals surface area contributed by atoms with Gasteiger partial charge in [-0.05, 0) is 61.0 Å². The van der Waals surface area contributed by atoms with E-state index in [1.807, 2.05) is 60.8 Å². The maximum Gasteiger partial charge on any atom is 0.338 e. The standard InChI is InChI=1S/C28H22ClN3O3/c1-2-35-28(34)20-9-13-24(14-10-20)31-27(33)21(16-30)15-22-18-32(26-6-4-3-5-25(22)26)17-19-7-11-23(29)12-8-19/h3-15,18H,2,17H2,1H3,(H,31,33)/b21-15+. The van der Waals surface area contributed by atoms with Crippen LogP contribution in [0.1, 0.15) is 28.4 Å². The number of anilines is 1. The van der Waals surface area contributed by atoms with Crippen LogP contribution < -0.4 is 5.32 Å². The Kier molecular flexibility index (Phi) is 7.30. The fraction of sp³-hybridized carbons (Fsp3) is 0.107. The Morgan fingerprint density at radius 3 is 2.46 bits per heavy atom. The molecule has 1 amide bonds. The van der Waals surface area contributed by atoms with E-state index in [4.69, 9.17) is 16.3 Å². The lowest BCUT2D eigenvalue weighted by Crippen LogP contribution is -2.13. The number of nitrogens with zero attached hydrogens (tertiary/aromatic N) is 2. The van der Waals surface area contributed by atoms with Crippen LogP contribution in [-0.2, 0) is 16.1 Å². The number of fused-ring (bicyclic) bond motifs is 1. The van der Waals surface area contributed by atoms with E-state index in [0.717, 1.165) is 22.0 Å². The Morgan fingerprint density at radius 1 is 1.06 bits per heavy atom. The van der Waals surface area contributed by atoms with Gasteiger partial charge in [0.25, 0.3) is 5.91 Å². The highest BCUT2D eigenvalue weighted by Crippen LogP contribution is 2.25. The Balaban J connectivity index is 1.58. The smallest absolute Gasteiger partial charge is 0.338 e. The summed E-state index contributed by atoms with van der Waals surface area (Å²) in [7, 11) is 0. The number of halogens is 1. The van der Waals surface area contributed by atoms with Crippen LogP contribution in [0, 0.1) is 11.3 Å². The highest BCUT2D eigenvalue weighted by molar-refractivity contribution is 6.30. The van der Waals surface area contributed by atoms with Crippen LogP contribution in [0.25, 0.3) is 17.0 Å². The van der Waals surface area contributed by atoms with Crippen LogP contribution >= 0.6 is 11.6 Å². The van der Waals surface area contributed by atoms with Crippen molar-refractivity contribution in [3.63, 3.8) is 0 Å². The number of hydrogen-bond acceptors (Lipinski definition) is 4. The van der Waals surface area contributed by atoms with Crippen molar-refractivity contribution in [2.24, 2.45) is 0 Å². The van der Waals surface area contributed by atoms with Gasteiger partial charge in [0.2, 0.25) is 0 Å². The van der Waals surface area contributed by atoms with E-state index in [1.165, 1.54) is 0 Å². The number of amides is 1. The number of benzene rings is 3. The summed E-state index contributed by atoms with van der Waals surface area (Å²) >= 11 is 6.01. The average molecular weight is 484 g/mol. The van der Waals surface area contributed by atoms with E-state index >= 15 is 0 Å². The molecule has 0 aliphatic carbocycles. The van der Waals surface area contributed by atoms with Gasteiger partial charge in [-0.3, -0.25) is 4.79 Å². The zero-order chi connectivity index (χ0) is 24.8. The number of para-hydroxylation sites is 1. The maximum absolute atomic E-state index is 12.8. The van der Waals surface area contributed by atoms with E-state index in [2.05, 4.69) is 9.88 Å². The lowest BCUT2D eigenvalue weighted by molar-refractivity contribution is -0.112. The molecular formula is C28H22ClN3O3. The molecule has 3 aromatic carbocycles. The number of nitrogens with one attached hydrogen (secondary N) is 1. The van der Waals surface area contributed by atoms with Gasteiger partial charge in [0.05, 0.1) is 12.2 Å². The summed E-state index contributed by atoms with van der Waals surface area (Å²) in [6, 6.07) is 23.8. The fourth-order valence-electron chi connectivity index (χ4n) is 3.71. The summed E-state index contributed by atoms with van der Waals surface area (Å²) in [5, 5.41) is 14.0. The molecular weight excluding hydrogens is 462 g/mol. The quantitative estimate of drug-likeness (QED) is 0.196. The van der Waals surface area contributed by atoms with Crippen molar-refractivity contribution in [2.75, 3.05) is 11.9 Å². The van der Waals surface area contributed by atoms with Gasteiger partial charge in [-0.2, -0.15) is 5.26 Å². The predicted molar refractivity (Wildman–Crippen MR) is 137 cm³/mol. The zero-order valence-corrected chi connectivity index (χ0v) is 19.8. The lowest BCUT2D eigenvalue weighted by atomic mass is 10.1. The number of aromatic nitrogens is 1. The molecule has 0 saturated heterocycles. The highest BCUT2D eigenvalue weighted by Gasteiger charge is 2.14. The molecule has 35 heavy (non-hydrogen) atoms. The first-order chi connectivity index (χ1) is 17.0. The number of carbonyl (C=O) groups excluding carboxylic acids is 2. The average Bonchev–Trinajstić information content (AvgIpc) is 3.21. The molecule has 1 heterocycles. The predicted octanol–water partition coefficient (Wildman–Crippen LogP) is 6.07. The van der Waals surface area contributed by atoms with Crippen molar-refractivity contribution in [3.8, 4) is 6.07 Å². The van der Waals surface area contributed by atoms with Crippen molar-refractivity contribution in [3.05, 3.63) is 106 Å². The SMILES string of the molecule is CCOC(=O)c1ccc(NC(=O)/C(C#N)=C/c2cn(Cc3ccc(Cl)cc3)c3ccccc23)cc1. The Hall–Kier alpha value is -4.34. The molecule has 1 N–H and O–H groups in total. The molecule has 4 aromatic rings. The number of ether oxygens (including phenoxy) is 1. The van der Waals surface area contributed by atoms with Crippen LogP contribution in [0.15, 0.2) is 84.6 Å². The van der Waals surface area contributed by atoms with E-state index in [1.54, 1.807) is 37.3 Å². The summed E-state index contributed by atoms with van der Waals surface area (Å²) in [6.07, 6.45) is 3.51. The number of hydrogen-bond donors (Lipinski definition) is 1. The Labute approximate surface area is 208 Å². The van der Waals surface area contributed by atoms with Gasteiger partial charge in [-0.25, -0.2) is 4.79 Å². The maximum atomic E-state index is 12.8. The summed E-state index contributed by atoms with van der Waals surface area (Å²) in [6.45, 7) is 2.63. The molecule has 0 bridgehead atoms. The second-order valence-corrected chi connectivity index (χ2v) is 8.21. The molecule has 0 fully saturated rings. The number of nitriles is 1. The summed E-state index contributed by atoms with van der Waals surface area (Å²) in [5.74, 6) is -0.969. The van der Waals surface area contributed by atoms with Gasteiger partial charge in [-0.1, -0.05) is 41.9 Å². The van der Waals surface area contributed by atoms with Gasteiger partial charge >= 0.3 is 5.97 Å². The monoisotopic (exact) mass is 483 g/mol. The third-order valence-corrected chi connectivity index (χ3v) is 5.66. The lowest BCUT2D eigenvalue weighted by Gasteiger charge is -2.06. The van der Waals surface area contributed by atoms with E-state index < -0.39 is 11.9 Å². The molecule has 0 aliphatic heterocycles. The first-order valence-electron chi connectivity index (χ1n) is 11.0. The van der Waals surface area contributed by atoms with Crippen molar-refractivity contribution in [1.29, 1.82) is 5.26 Å². The second-order valence-electron chi connectivity index (χ2n) is 7.78. The molecule has 0 saturated carbocycles. The number of carbonyl (C=O) groups is 2. The topological polar surface area (TPSA) is 84.1 Å². The molecule has 0 spiro atoms. The highest BCUT2D eigenvalue weighted by atomic mass is 35.5. The van der Waals surface area contributed by atoms with Crippen molar-refractivity contribution in [1.82, 2.24) is 4.57 Å². The van der Waals surface area contributed by atoms with Crippen LogP contribution in [0.2, 0.25) is 5.02 Å². The van der Waals surface area contributed by atoms with Crippen molar-refractivity contribution in [2.45, 2.75) is 13.5 Å². The molecule has 1 aromatic heterocycles. The summed E-state index contributed by atoms with van der Waals surface area (Å²) in [4.78, 5) is 24.6. The largest absolute Gasteiger partial charge is 0.462 e. The minimum Gasteiger partial charge on any atom is -0.462 e. The first kappa shape index (κ1) is 23.8. The van der Waals surface area contributed by atoms with E-state index in [0.29, 0.717) is 22.8 Å². The van der Waals surface area contributed by atoms with Crippen LogP contribution in [-0.4, -0.2) is 23.1 Å². The van der Waals surface area contributed by atoms with Crippen molar-refractivity contribution >= 4 is 46.1 Å². The van der Waals surface area contributed by atoms with Crippen molar-refractivity contribution < 1.29 is 14.3 Å².